The summed E-state index contributed by atoms with van der Waals surface area (Å²) in [6, 6.07) is 0. The molecule has 4 heteroatoms. The molecule has 0 N–H and O–H groups in total. The van der Waals surface area contributed by atoms with Gasteiger partial charge in [0.2, 0.25) is 0 Å². The second kappa shape index (κ2) is 7.04. The van der Waals surface area contributed by atoms with E-state index in [1.165, 1.54) is 0 Å². The smallest absolute Gasteiger partial charge is 0.379 e. The molecule has 0 aliphatic heterocycles. The molecule has 0 heterocycles. The average molecular weight is 213 g/mol. The van der Waals surface area contributed by atoms with Crippen LogP contribution in [0.3, 0.4) is 0 Å². The van der Waals surface area contributed by atoms with Gasteiger partial charge in [0.15, 0.2) is 0 Å². The maximum Gasteiger partial charge on any atom is 0.379 e. The first-order valence-corrected chi connectivity index (χ1v) is 5.11. The molecule has 4 nitrogen and oxygen atoms in total. The van der Waals surface area contributed by atoms with Crippen LogP contribution < -0.4 is 0 Å². The minimum absolute atomic E-state index is 0.228. The molecule has 0 aromatic carbocycles. The van der Waals surface area contributed by atoms with E-state index in [9.17, 15) is 9.59 Å². The van der Waals surface area contributed by atoms with E-state index in [4.69, 9.17) is 0 Å². The lowest BCUT2D eigenvalue weighted by Crippen LogP contribution is -2.21. The van der Waals surface area contributed by atoms with Crippen molar-refractivity contribution < 1.29 is 14.3 Å². The molecule has 0 aliphatic carbocycles. The SMILES string of the molecule is CCCC(=CN(C)C)C(=O)C(=O)OCC. The topological polar surface area (TPSA) is 46.6 Å². The van der Waals surface area contributed by atoms with Gasteiger partial charge in [-0.05, 0) is 13.3 Å². The number of Topliss-reactive ketones (excluding diaryl/α,β-unsaturated/α-hetero) is 1. The monoisotopic (exact) mass is 213 g/mol. The minimum atomic E-state index is -0.765. The summed E-state index contributed by atoms with van der Waals surface area (Å²) in [6.45, 7) is 3.87. The standard InChI is InChI=1S/C11H19NO3/c1-5-7-9(8-12(3)4)10(13)11(14)15-6-2/h8H,5-7H2,1-4H3. The van der Waals surface area contributed by atoms with Gasteiger partial charge in [-0.25, -0.2) is 4.79 Å². The van der Waals surface area contributed by atoms with E-state index < -0.39 is 11.8 Å². The van der Waals surface area contributed by atoms with E-state index in [1.807, 2.05) is 21.0 Å². The Balaban J connectivity index is 4.62. The molecule has 0 spiro atoms. The van der Waals surface area contributed by atoms with Gasteiger partial charge in [0.25, 0.3) is 5.78 Å². The van der Waals surface area contributed by atoms with Gasteiger partial charge < -0.3 is 9.64 Å². The van der Waals surface area contributed by atoms with Crippen molar-refractivity contribution in [3.8, 4) is 0 Å². The number of rotatable bonds is 6. The quantitative estimate of drug-likeness (QED) is 0.380. The van der Waals surface area contributed by atoms with Crippen molar-refractivity contribution >= 4 is 11.8 Å². The lowest BCUT2D eigenvalue weighted by Gasteiger charge is -2.09. The summed E-state index contributed by atoms with van der Waals surface area (Å²) in [5, 5.41) is 0. The Kier molecular flexibility index (Phi) is 6.42. The predicted octanol–water partition coefficient (Wildman–Crippen LogP) is 1.36. The summed E-state index contributed by atoms with van der Waals surface area (Å²) in [5.41, 5.74) is 0.501. The van der Waals surface area contributed by atoms with Crippen LogP contribution in [0.5, 0.6) is 0 Å². The van der Waals surface area contributed by atoms with Crippen LogP contribution in [-0.2, 0) is 14.3 Å². The van der Waals surface area contributed by atoms with Crippen LogP contribution in [0.4, 0.5) is 0 Å². The first-order chi connectivity index (χ1) is 7.02. The van der Waals surface area contributed by atoms with E-state index in [-0.39, 0.29) is 6.61 Å². The van der Waals surface area contributed by atoms with Gasteiger partial charge in [-0.3, -0.25) is 4.79 Å². The van der Waals surface area contributed by atoms with Crippen molar-refractivity contribution in [2.45, 2.75) is 26.7 Å². The van der Waals surface area contributed by atoms with E-state index in [0.717, 1.165) is 6.42 Å². The molecule has 0 rings (SSSR count). The molecular formula is C11H19NO3. The van der Waals surface area contributed by atoms with Gasteiger partial charge in [-0.1, -0.05) is 13.3 Å². The van der Waals surface area contributed by atoms with Crippen LogP contribution in [0.25, 0.3) is 0 Å². The average Bonchev–Trinajstić information content (AvgIpc) is 2.16. The molecule has 0 saturated carbocycles. The summed E-state index contributed by atoms with van der Waals surface area (Å²) in [4.78, 5) is 24.6. The third kappa shape index (κ3) is 5.20. The summed E-state index contributed by atoms with van der Waals surface area (Å²) in [6.07, 6.45) is 3.09. The second-order valence-electron chi connectivity index (χ2n) is 3.42. The zero-order valence-corrected chi connectivity index (χ0v) is 9.87. The second-order valence-corrected chi connectivity index (χ2v) is 3.42. The van der Waals surface area contributed by atoms with Crippen LogP contribution >= 0.6 is 0 Å². The Morgan fingerprint density at radius 1 is 1.27 bits per heavy atom. The van der Waals surface area contributed by atoms with Crippen LogP contribution in [0, 0.1) is 0 Å². The van der Waals surface area contributed by atoms with Crippen LogP contribution in [0.15, 0.2) is 11.8 Å². The number of carbonyl (C=O) groups excluding carboxylic acids is 2. The first-order valence-electron chi connectivity index (χ1n) is 5.11. The zero-order chi connectivity index (χ0) is 11.8. The van der Waals surface area contributed by atoms with Crippen molar-refractivity contribution in [1.82, 2.24) is 4.90 Å². The van der Waals surface area contributed by atoms with E-state index in [0.29, 0.717) is 12.0 Å². The molecule has 0 unspecified atom stereocenters. The fourth-order valence-corrected chi connectivity index (χ4v) is 1.15. The van der Waals surface area contributed by atoms with Crippen molar-refractivity contribution in [1.29, 1.82) is 0 Å². The number of ether oxygens (including phenoxy) is 1. The van der Waals surface area contributed by atoms with Crippen molar-refractivity contribution in [3.63, 3.8) is 0 Å². The number of esters is 1. The normalized spacial score (nSPS) is 11.1. The van der Waals surface area contributed by atoms with Crippen LogP contribution in [0.1, 0.15) is 26.7 Å². The Bertz CT molecular complexity index is 257. The molecule has 0 saturated heterocycles. The maximum atomic E-state index is 11.6. The Hall–Kier alpha value is -1.32. The van der Waals surface area contributed by atoms with Crippen LogP contribution in [0.2, 0.25) is 0 Å². The highest BCUT2D eigenvalue weighted by molar-refractivity contribution is 6.40. The summed E-state index contributed by atoms with van der Waals surface area (Å²) in [5.74, 6) is -1.30. The number of nitrogens with zero attached hydrogens (tertiary/aromatic N) is 1. The Labute approximate surface area is 90.9 Å². The molecule has 0 amide bonds. The van der Waals surface area contributed by atoms with Crippen molar-refractivity contribution in [2.24, 2.45) is 0 Å². The number of ketones is 1. The predicted molar refractivity (Wildman–Crippen MR) is 58.3 cm³/mol. The number of hydrogen-bond acceptors (Lipinski definition) is 4. The number of hydrogen-bond donors (Lipinski definition) is 0. The van der Waals surface area contributed by atoms with Crippen molar-refractivity contribution in [3.05, 3.63) is 11.8 Å². The van der Waals surface area contributed by atoms with Gasteiger partial charge in [0, 0.05) is 25.9 Å². The van der Waals surface area contributed by atoms with E-state index in [2.05, 4.69) is 4.74 Å². The fourth-order valence-electron chi connectivity index (χ4n) is 1.15. The first kappa shape index (κ1) is 13.7. The van der Waals surface area contributed by atoms with Gasteiger partial charge in [-0.2, -0.15) is 0 Å². The maximum absolute atomic E-state index is 11.6. The molecular weight excluding hydrogens is 194 g/mol. The number of carbonyl (C=O) groups is 2. The van der Waals surface area contributed by atoms with Gasteiger partial charge in [-0.15, -0.1) is 0 Å². The van der Waals surface area contributed by atoms with Gasteiger partial charge >= 0.3 is 5.97 Å². The third-order valence-corrected chi connectivity index (χ3v) is 1.69. The highest BCUT2D eigenvalue weighted by Crippen LogP contribution is 2.08. The van der Waals surface area contributed by atoms with Gasteiger partial charge in [0.05, 0.1) is 6.61 Å². The van der Waals surface area contributed by atoms with E-state index in [1.54, 1.807) is 18.0 Å². The highest BCUT2D eigenvalue weighted by atomic mass is 16.5. The molecule has 0 radical (unpaired) electrons. The lowest BCUT2D eigenvalue weighted by molar-refractivity contribution is -0.151. The largest absolute Gasteiger partial charge is 0.460 e. The fraction of sp³-hybridized carbons (Fsp3) is 0.636. The minimum Gasteiger partial charge on any atom is -0.460 e. The Morgan fingerprint density at radius 2 is 1.87 bits per heavy atom. The van der Waals surface area contributed by atoms with E-state index >= 15 is 0 Å². The molecule has 0 bridgehead atoms. The van der Waals surface area contributed by atoms with Gasteiger partial charge in [0.1, 0.15) is 0 Å². The summed E-state index contributed by atoms with van der Waals surface area (Å²) >= 11 is 0. The third-order valence-electron chi connectivity index (χ3n) is 1.69. The van der Waals surface area contributed by atoms with Crippen molar-refractivity contribution in [2.75, 3.05) is 20.7 Å². The zero-order valence-electron chi connectivity index (χ0n) is 9.87. The summed E-state index contributed by atoms with van der Waals surface area (Å²) < 4.78 is 4.66. The molecule has 0 atom stereocenters. The Morgan fingerprint density at radius 3 is 2.27 bits per heavy atom. The molecule has 15 heavy (non-hydrogen) atoms. The summed E-state index contributed by atoms with van der Waals surface area (Å²) in [7, 11) is 3.63. The molecule has 0 fully saturated rings. The molecule has 0 aromatic heterocycles. The molecule has 86 valence electrons. The lowest BCUT2D eigenvalue weighted by atomic mass is 10.1. The van der Waals surface area contributed by atoms with Crippen LogP contribution in [-0.4, -0.2) is 37.4 Å². The molecule has 0 aliphatic rings. The molecule has 0 aromatic rings. The highest BCUT2D eigenvalue weighted by Gasteiger charge is 2.19.